The minimum Gasteiger partial charge on any atom is -0.497 e. The van der Waals surface area contributed by atoms with E-state index in [0.29, 0.717) is 6.54 Å². The summed E-state index contributed by atoms with van der Waals surface area (Å²) >= 11 is 0. The Balaban J connectivity index is 1.42. The molecule has 1 saturated heterocycles. The molecule has 4 heteroatoms. The van der Waals surface area contributed by atoms with E-state index in [4.69, 9.17) is 4.74 Å². The first kappa shape index (κ1) is 17.9. The number of rotatable bonds is 7. The molecule has 0 bridgehead atoms. The zero-order valence-electron chi connectivity index (χ0n) is 15.0. The van der Waals surface area contributed by atoms with Crippen LogP contribution in [0, 0.1) is 0 Å². The first-order valence-corrected chi connectivity index (χ1v) is 9.05. The lowest BCUT2D eigenvalue weighted by Crippen LogP contribution is -2.47. The van der Waals surface area contributed by atoms with Gasteiger partial charge in [0.2, 0.25) is 0 Å². The maximum absolute atomic E-state index is 10.5. The second kappa shape index (κ2) is 8.99. The molecule has 1 aliphatic heterocycles. The minimum atomic E-state index is -0.467. The van der Waals surface area contributed by atoms with Gasteiger partial charge in [-0.1, -0.05) is 42.5 Å². The fourth-order valence-corrected chi connectivity index (χ4v) is 3.33. The molecule has 1 fully saturated rings. The van der Waals surface area contributed by atoms with Crippen molar-refractivity contribution in [3.63, 3.8) is 0 Å². The highest BCUT2D eigenvalue weighted by Gasteiger charge is 2.20. The highest BCUT2D eigenvalue weighted by Crippen LogP contribution is 2.20. The van der Waals surface area contributed by atoms with E-state index in [1.807, 2.05) is 24.3 Å². The molecule has 0 spiro atoms. The van der Waals surface area contributed by atoms with E-state index in [1.165, 1.54) is 5.56 Å². The van der Waals surface area contributed by atoms with E-state index in [0.717, 1.165) is 50.5 Å². The molecule has 25 heavy (non-hydrogen) atoms. The number of aliphatic hydroxyl groups excluding tert-OH is 1. The van der Waals surface area contributed by atoms with Crippen LogP contribution in [0.5, 0.6) is 5.75 Å². The summed E-state index contributed by atoms with van der Waals surface area (Å²) in [7, 11) is 1.65. The summed E-state index contributed by atoms with van der Waals surface area (Å²) in [5, 5.41) is 10.5. The van der Waals surface area contributed by atoms with Crippen LogP contribution in [0.15, 0.2) is 54.6 Å². The van der Waals surface area contributed by atoms with Crippen LogP contribution in [0.4, 0.5) is 0 Å². The van der Waals surface area contributed by atoms with Gasteiger partial charge in [-0.15, -0.1) is 0 Å². The van der Waals surface area contributed by atoms with Crippen LogP contribution in [0.2, 0.25) is 0 Å². The zero-order chi connectivity index (χ0) is 17.5. The van der Waals surface area contributed by atoms with E-state index in [2.05, 4.69) is 40.1 Å². The van der Waals surface area contributed by atoms with Gasteiger partial charge < -0.3 is 14.7 Å². The number of ether oxygens (including phenoxy) is 1. The number of methoxy groups -OCH3 is 1. The van der Waals surface area contributed by atoms with E-state index in [1.54, 1.807) is 7.11 Å². The smallest absolute Gasteiger partial charge is 0.119 e. The van der Waals surface area contributed by atoms with Crippen LogP contribution in [0.1, 0.15) is 17.2 Å². The predicted octanol–water partition coefficient (Wildman–Crippen LogP) is 2.59. The second-order valence-electron chi connectivity index (χ2n) is 6.67. The average molecular weight is 340 g/mol. The van der Waals surface area contributed by atoms with Crippen LogP contribution in [0.25, 0.3) is 0 Å². The van der Waals surface area contributed by atoms with Crippen LogP contribution >= 0.6 is 0 Å². The van der Waals surface area contributed by atoms with Crippen molar-refractivity contribution in [3.8, 4) is 5.75 Å². The summed E-state index contributed by atoms with van der Waals surface area (Å²) in [6, 6.07) is 18.4. The number of piperazine rings is 1. The third kappa shape index (κ3) is 5.30. The van der Waals surface area contributed by atoms with Crippen molar-refractivity contribution in [2.24, 2.45) is 0 Å². The Labute approximate surface area is 150 Å². The van der Waals surface area contributed by atoms with Gasteiger partial charge in [0.05, 0.1) is 13.2 Å². The Morgan fingerprint density at radius 2 is 1.68 bits per heavy atom. The first-order chi connectivity index (χ1) is 12.2. The van der Waals surface area contributed by atoms with Gasteiger partial charge in [-0.05, 0) is 29.7 Å². The largest absolute Gasteiger partial charge is 0.497 e. The van der Waals surface area contributed by atoms with Gasteiger partial charge in [-0.2, -0.15) is 0 Å². The fourth-order valence-electron chi connectivity index (χ4n) is 3.33. The topological polar surface area (TPSA) is 35.9 Å². The van der Waals surface area contributed by atoms with E-state index < -0.39 is 6.10 Å². The summed E-state index contributed by atoms with van der Waals surface area (Å²) in [4.78, 5) is 4.87. The third-order valence-electron chi connectivity index (χ3n) is 4.93. The molecule has 0 amide bonds. The standard InChI is InChI=1S/C21H28N2O2/c1-25-20-9-5-8-19(16-20)21(24)17-23-14-12-22(13-15-23)11-10-18-6-3-2-4-7-18/h2-9,16,21,24H,10-15,17H2,1H3. The fraction of sp³-hybridized carbons (Fsp3) is 0.429. The number of β-amino-alcohol motifs (C(OH)–C–C–N with tert-alkyl or cyclic N) is 1. The number of hydrogen-bond acceptors (Lipinski definition) is 4. The summed E-state index contributed by atoms with van der Waals surface area (Å²) in [5.74, 6) is 0.794. The molecule has 2 aromatic carbocycles. The Hall–Kier alpha value is -1.88. The van der Waals surface area contributed by atoms with Crippen molar-refractivity contribution >= 4 is 0 Å². The van der Waals surface area contributed by atoms with Crippen molar-refractivity contribution in [2.45, 2.75) is 12.5 Å². The summed E-state index contributed by atoms with van der Waals surface area (Å²) < 4.78 is 5.24. The average Bonchev–Trinajstić information content (AvgIpc) is 2.68. The van der Waals surface area contributed by atoms with Crippen molar-refractivity contribution in [1.82, 2.24) is 9.80 Å². The number of aliphatic hydroxyl groups is 1. The molecule has 1 atom stereocenters. The van der Waals surface area contributed by atoms with E-state index in [-0.39, 0.29) is 0 Å². The SMILES string of the molecule is COc1cccc(C(O)CN2CCN(CCc3ccccc3)CC2)c1. The normalized spacial score (nSPS) is 17.4. The third-order valence-corrected chi connectivity index (χ3v) is 4.93. The summed E-state index contributed by atoms with van der Waals surface area (Å²) in [6.45, 7) is 5.94. The molecule has 3 rings (SSSR count). The van der Waals surface area contributed by atoms with Gasteiger partial charge in [0.1, 0.15) is 5.75 Å². The molecular weight excluding hydrogens is 312 g/mol. The highest BCUT2D eigenvalue weighted by atomic mass is 16.5. The Morgan fingerprint density at radius 3 is 2.40 bits per heavy atom. The molecule has 134 valence electrons. The van der Waals surface area contributed by atoms with E-state index in [9.17, 15) is 5.11 Å². The lowest BCUT2D eigenvalue weighted by atomic mass is 10.1. The second-order valence-corrected chi connectivity index (χ2v) is 6.67. The molecule has 1 N–H and O–H groups in total. The van der Waals surface area contributed by atoms with Gasteiger partial charge >= 0.3 is 0 Å². The summed E-state index contributed by atoms with van der Waals surface area (Å²) in [5.41, 5.74) is 2.32. The lowest BCUT2D eigenvalue weighted by Gasteiger charge is -2.35. The van der Waals surface area contributed by atoms with Gasteiger partial charge in [0, 0.05) is 39.3 Å². The van der Waals surface area contributed by atoms with Gasteiger partial charge in [-0.3, -0.25) is 4.90 Å². The maximum Gasteiger partial charge on any atom is 0.119 e. The molecular formula is C21H28N2O2. The molecule has 2 aromatic rings. The van der Waals surface area contributed by atoms with Crippen molar-refractivity contribution in [1.29, 1.82) is 0 Å². The molecule has 1 heterocycles. The van der Waals surface area contributed by atoms with Crippen LogP contribution < -0.4 is 4.74 Å². The number of nitrogens with zero attached hydrogens (tertiary/aromatic N) is 2. The van der Waals surface area contributed by atoms with E-state index >= 15 is 0 Å². The molecule has 0 saturated carbocycles. The molecule has 1 aliphatic rings. The molecule has 0 aromatic heterocycles. The summed E-state index contributed by atoms with van der Waals surface area (Å²) in [6.07, 6.45) is 0.638. The van der Waals surface area contributed by atoms with Gasteiger partial charge in [-0.25, -0.2) is 0 Å². The monoisotopic (exact) mass is 340 g/mol. The molecule has 0 radical (unpaired) electrons. The Bertz CT molecular complexity index is 639. The van der Waals surface area contributed by atoms with Crippen molar-refractivity contribution in [3.05, 3.63) is 65.7 Å². The maximum atomic E-state index is 10.5. The zero-order valence-corrected chi connectivity index (χ0v) is 15.0. The van der Waals surface area contributed by atoms with Crippen LogP contribution in [0.3, 0.4) is 0 Å². The van der Waals surface area contributed by atoms with Crippen LogP contribution in [-0.4, -0.2) is 61.3 Å². The molecule has 0 aliphatic carbocycles. The first-order valence-electron chi connectivity index (χ1n) is 9.05. The predicted molar refractivity (Wildman–Crippen MR) is 101 cm³/mol. The quantitative estimate of drug-likeness (QED) is 0.840. The number of benzene rings is 2. The molecule has 4 nitrogen and oxygen atoms in total. The Morgan fingerprint density at radius 1 is 0.960 bits per heavy atom. The van der Waals surface area contributed by atoms with Crippen LogP contribution in [-0.2, 0) is 6.42 Å². The molecule has 1 unspecified atom stereocenters. The Kier molecular flexibility index (Phi) is 6.45. The van der Waals surface area contributed by atoms with Gasteiger partial charge in [0.25, 0.3) is 0 Å². The van der Waals surface area contributed by atoms with Crippen molar-refractivity contribution < 1.29 is 9.84 Å². The highest BCUT2D eigenvalue weighted by molar-refractivity contribution is 5.29. The number of hydrogen-bond donors (Lipinski definition) is 1. The van der Waals surface area contributed by atoms with Gasteiger partial charge in [0.15, 0.2) is 0 Å². The minimum absolute atomic E-state index is 0.467. The van der Waals surface area contributed by atoms with Crippen molar-refractivity contribution in [2.75, 3.05) is 46.4 Å². The lowest BCUT2D eigenvalue weighted by molar-refractivity contribution is 0.0729.